The van der Waals surface area contributed by atoms with E-state index in [1.165, 1.54) is 11.8 Å². The summed E-state index contributed by atoms with van der Waals surface area (Å²) in [6.07, 6.45) is 1.69. The molecule has 3 aromatic rings. The second kappa shape index (κ2) is 10.3. The predicted octanol–water partition coefficient (Wildman–Crippen LogP) is 6.07. The lowest BCUT2D eigenvalue weighted by Gasteiger charge is -2.26. The molecule has 0 atom stereocenters. The smallest absolute Gasteiger partial charge is 0.283 e. The summed E-state index contributed by atoms with van der Waals surface area (Å²) in [7, 11) is 0. The highest BCUT2D eigenvalue weighted by Gasteiger charge is 2.36. The largest absolute Gasteiger partial charge is 0.490 e. The summed E-state index contributed by atoms with van der Waals surface area (Å²) >= 11 is 1.35. The van der Waals surface area contributed by atoms with Crippen LogP contribution in [-0.4, -0.2) is 35.0 Å². The van der Waals surface area contributed by atoms with Gasteiger partial charge >= 0.3 is 0 Å². The summed E-state index contributed by atoms with van der Waals surface area (Å²) < 4.78 is 11.7. The SMILES string of the molecule is Cc1cc(C)cc(OCCOc2cccc(/C=C3/C(=N)N4C(c5ccccc5)=CSC4=NC3=O)c2)c1. The van der Waals surface area contributed by atoms with Gasteiger partial charge in [0.25, 0.3) is 5.91 Å². The molecule has 2 aliphatic heterocycles. The van der Waals surface area contributed by atoms with Gasteiger partial charge in [0.05, 0.1) is 11.3 Å². The van der Waals surface area contributed by atoms with E-state index in [0.717, 1.165) is 33.7 Å². The molecule has 1 N–H and O–H groups in total. The number of hydrogen-bond acceptors (Lipinski definition) is 5. The summed E-state index contributed by atoms with van der Waals surface area (Å²) in [6, 6.07) is 23.3. The van der Waals surface area contributed by atoms with Crippen molar-refractivity contribution in [3.63, 3.8) is 0 Å². The number of carbonyl (C=O) groups excluding carboxylic acids is 1. The number of nitrogens with one attached hydrogen (secondary N) is 1. The van der Waals surface area contributed by atoms with E-state index >= 15 is 0 Å². The first-order valence-electron chi connectivity index (χ1n) is 11.6. The zero-order valence-corrected chi connectivity index (χ0v) is 20.8. The minimum atomic E-state index is -0.422. The number of amides is 1. The van der Waals surface area contributed by atoms with Crippen LogP contribution in [0.15, 0.2) is 88.8 Å². The Morgan fingerprint density at radius 3 is 2.39 bits per heavy atom. The first kappa shape index (κ1) is 23.6. The number of benzene rings is 3. The molecule has 0 aliphatic carbocycles. The van der Waals surface area contributed by atoms with Crippen LogP contribution in [0.2, 0.25) is 0 Å². The van der Waals surface area contributed by atoms with Gasteiger partial charge in [0.15, 0.2) is 5.17 Å². The van der Waals surface area contributed by atoms with Gasteiger partial charge in [-0.05, 0) is 66.4 Å². The molecule has 0 saturated heterocycles. The molecule has 7 heteroatoms. The highest BCUT2D eigenvalue weighted by Crippen LogP contribution is 2.37. The fourth-order valence-electron chi connectivity index (χ4n) is 4.11. The zero-order valence-electron chi connectivity index (χ0n) is 20.0. The van der Waals surface area contributed by atoms with Crippen LogP contribution in [0.3, 0.4) is 0 Å². The van der Waals surface area contributed by atoms with Crippen molar-refractivity contribution < 1.29 is 14.3 Å². The Labute approximate surface area is 214 Å². The van der Waals surface area contributed by atoms with E-state index in [1.54, 1.807) is 11.0 Å². The molecule has 0 spiro atoms. The number of ether oxygens (including phenoxy) is 2. The third kappa shape index (κ3) is 5.11. The molecule has 1 amide bonds. The summed E-state index contributed by atoms with van der Waals surface area (Å²) in [6.45, 7) is 4.88. The maximum absolute atomic E-state index is 12.8. The van der Waals surface area contributed by atoms with Crippen LogP contribution in [0.1, 0.15) is 22.3 Å². The molecule has 36 heavy (non-hydrogen) atoms. The fourth-order valence-corrected chi connectivity index (χ4v) is 5.00. The van der Waals surface area contributed by atoms with Crippen LogP contribution in [0.25, 0.3) is 11.8 Å². The van der Waals surface area contributed by atoms with Crippen molar-refractivity contribution >= 4 is 40.4 Å². The van der Waals surface area contributed by atoms with Crippen LogP contribution in [0.5, 0.6) is 11.5 Å². The highest BCUT2D eigenvalue weighted by atomic mass is 32.2. The average Bonchev–Trinajstić information content (AvgIpc) is 3.29. The van der Waals surface area contributed by atoms with E-state index in [1.807, 2.05) is 86.0 Å². The number of thioether (sulfide) groups is 1. The molecule has 5 rings (SSSR count). The maximum Gasteiger partial charge on any atom is 0.283 e. The Bertz CT molecular complexity index is 1410. The lowest BCUT2D eigenvalue weighted by atomic mass is 10.1. The van der Waals surface area contributed by atoms with Gasteiger partial charge in [-0.1, -0.05) is 60.3 Å². The number of carbonyl (C=O) groups is 1. The van der Waals surface area contributed by atoms with E-state index in [9.17, 15) is 4.79 Å². The highest BCUT2D eigenvalue weighted by molar-refractivity contribution is 8.17. The number of rotatable bonds is 7. The number of aliphatic imine (C=N–C) groups is 1. The van der Waals surface area contributed by atoms with Crippen LogP contribution in [0, 0.1) is 19.3 Å². The number of nitrogens with zero attached hydrogens (tertiary/aromatic N) is 2. The molecule has 0 radical (unpaired) electrons. The van der Waals surface area contributed by atoms with E-state index in [0.29, 0.717) is 24.1 Å². The molecule has 3 aromatic carbocycles. The van der Waals surface area contributed by atoms with Crippen LogP contribution >= 0.6 is 11.8 Å². The monoisotopic (exact) mass is 495 g/mol. The van der Waals surface area contributed by atoms with Crippen molar-refractivity contribution in [3.05, 3.63) is 106 Å². The zero-order chi connectivity index (χ0) is 25.1. The van der Waals surface area contributed by atoms with Crippen LogP contribution < -0.4 is 9.47 Å². The normalized spacial score (nSPS) is 16.1. The minimum absolute atomic E-state index is 0.110. The van der Waals surface area contributed by atoms with Crippen LogP contribution in [0.4, 0.5) is 0 Å². The quantitative estimate of drug-likeness (QED) is 0.318. The van der Waals surface area contributed by atoms with Gasteiger partial charge in [-0.3, -0.25) is 15.1 Å². The van der Waals surface area contributed by atoms with Gasteiger partial charge in [0.1, 0.15) is 30.5 Å². The molecular formula is C29H25N3O3S. The molecule has 0 fully saturated rings. The number of fused-ring (bicyclic) bond motifs is 1. The summed E-state index contributed by atoms with van der Waals surface area (Å²) in [5.74, 6) is 1.18. The van der Waals surface area contributed by atoms with Gasteiger partial charge < -0.3 is 9.47 Å². The van der Waals surface area contributed by atoms with Crippen molar-refractivity contribution in [1.82, 2.24) is 4.90 Å². The Balaban J connectivity index is 1.28. The lowest BCUT2D eigenvalue weighted by Crippen LogP contribution is -2.38. The summed E-state index contributed by atoms with van der Waals surface area (Å²) in [5.41, 5.74) is 5.11. The number of amidine groups is 2. The van der Waals surface area contributed by atoms with E-state index in [4.69, 9.17) is 14.9 Å². The summed E-state index contributed by atoms with van der Waals surface area (Å²) in [5, 5.41) is 11.2. The Morgan fingerprint density at radius 2 is 1.64 bits per heavy atom. The van der Waals surface area contributed by atoms with Gasteiger partial charge in [-0.15, -0.1) is 0 Å². The Morgan fingerprint density at radius 1 is 0.917 bits per heavy atom. The number of aryl methyl sites for hydroxylation is 2. The van der Waals surface area contributed by atoms with Gasteiger partial charge in [0, 0.05) is 5.41 Å². The van der Waals surface area contributed by atoms with Crippen LogP contribution in [-0.2, 0) is 4.79 Å². The molecule has 0 bridgehead atoms. The molecule has 180 valence electrons. The molecule has 2 aliphatic rings. The predicted molar refractivity (Wildman–Crippen MR) is 145 cm³/mol. The third-order valence-corrected chi connectivity index (χ3v) is 6.49. The third-order valence-electron chi connectivity index (χ3n) is 5.67. The van der Waals surface area contributed by atoms with E-state index in [-0.39, 0.29) is 11.4 Å². The van der Waals surface area contributed by atoms with E-state index < -0.39 is 5.91 Å². The molecular weight excluding hydrogens is 470 g/mol. The van der Waals surface area contributed by atoms with Crippen molar-refractivity contribution in [2.75, 3.05) is 13.2 Å². The summed E-state index contributed by atoms with van der Waals surface area (Å²) in [4.78, 5) is 18.7. The Kier molecular flexibility index (Phi) is 6.73. The molecule has 2 heterocycles. The van der Waals surface area contributed by atoms with Crippen molar-refractivity contribution in [1.29, 1.82) is 5.41 Å². The molecule has 6 nitrogen and oxygen atoms in total. The molecule has 0 unspecified atom stereocenters. The second-order valence-corrected chi connectivity index (χ2v) is 9.36. The van der Waals surface area contributed by atoms with Gasteiger partial charge in [-0.2, -0.15) is 4.99 Å². The lowest BCUT2D eigenvalue weighted by molar-refractivity contribution is -0.114. The fraction of sp³-hybridized carbons (Fsp3) is 0.138. The van der Waals surface area contributed by atoms with Crippen molar-refractivity contribution in [2.24, 2.45) is 4.99 Å². The first-order chi connectivity index (χ1) is 17.5. The average molecular weight is 496 g/mol. The minimum Gasteiger partial charge on any atom is -0.490 e. The Hall–Kier alpha value is -4.10. The standard InChI is InChI=1S/C29H25N3O3S/c1-19-13-20(2)15-24(14-19)35-12-11-34-23-10-6-7-21(16-23)17-25-27(30)32-26(22-8-4-3-5-9-22)18-36-29(32)31-28(25)33/h3-10,13-18,30H,11-12H2,1-2H3/b25-17-,30-27?. The molecule has 0 aromatic heterocycles. The van der Waals surface area contributed by atoms with Crippen molar-refractivity contribution in [3.8, 4) is 11.5 Å². The van der Waals surface area contributed by atoms with Gasteiger partial charge in [0.2, 0.25) is 0 Å². The van der Waals surface area contributed by atoms with Gasteiger partial charge in [-0.25, -0.2) is 0 Å². The number of hydrogen-bond donors (Lipinski definition) is 1. The van der Waals surface area contributed by atoms with Crippen molar-refractivity contribution in [2.45, 2.75) is 13.8 Å². The maximum atomic E-state index is 12.8. The van der Waals surface area contributed by atoms with E-state index in [2.05, 4.69) is 11.1 Å². The topological polar surface area (TPSA) is 75.0 Å². The molecule has 0 saturated carbocycles. The first-order valence-corrected chi connectivity index (χ1v) is 12.5. The second-order valence-electron chi connectivity index (χ2n) is 8.52.